The predicted octanol–water partition coefficient (Wildman–Crippen LogP) is 2.98. The van der Waals surface area contributed by atoms with Crippen LogP contribution in [0.15, 0.2) is 36.5 Å². The Kier molecular flexibility index (Phi) is 4.74. The summed E-state index contributed by atoms with van der Waals surface area (Å²) in [5, 5.41) is 19.3. The zero-order valence-electron chi connectivity index (χ0n) is 14.5. The number of aliphatic hydroxyl groups is 1. The van der Waals surface area contributed by atoms with Gasteiger partial charge in [-0.05, 0) is 48.6 Å². The Balaban J connectivity index is 1.67. The van der Waals surface area contributed by atoms with E-state index in [0.29, 0.717) is 22.5 Å². The van der Waals surface area contributed by atoms with E-state index in [2.05, 4.69) is 21.0 Å². The van der Waals surface area contributed by atoms with E-state index < -0.39 is 5.91 Å². The number of anilines is 2. The molecule has 4 N–H and O–H groups in total. The molecule has 2 aromatic carbocycles. The van der Waals surface area contributed by atoms with Gasteiger partial charge in [-0.25, -0.2) is 9.87 Å². The van der Waals surface area contributed by atoms with Gasteiger partial charge in [-0.3, -0.25) is 14.7 Å². The maximum absolute atomic E-state index is 14.6. The van der Waals surface area contributed by atoms with Gasteiger partial charge in [-0.1, -0.05) is 6.07 Å². The van der Waals surface area contributed by atoms with Crippen LogP contribution in [0.3, 0.4) is 0 Å². The topological polar surface area (TPSA) is 99.3 Å². The average Bonchev–Trinajstić information content (AvgIpc) is 3.40. The first kappa shape index (κ1) is 17.4. The standard InChI is InChI=1S/C19H19FN4O3/c20-15-9-12(11-1-2-11)3-5-17(15)22-18-13(19(26)24-27-8-7-25)4-6-16-14(18)10-21-23-16/h3-6,9-11,22,25H,1-2,7-8H2,(H,21,23)(H,24,26). The number of halogens is 1. The monoisotopic (exact) mass is 370 g/mol. The quantitative estimate of drug-likeness (QED) is 0.379. The van der Waals surface area contributed by atoms with Crippen molar-refractivity contribution in [1.29, 1.82) is 0 Å². The summed E-state index contributed by atoms with van der Waals surface area (Å²) >= 11 is 0. The zero-order valence-corrected chi connectivity index (χ0v) is 14.5. The molecular weight excluding hydrogens is 351 g/mol. The summed E-state index contributed by atoms with van der Waals surface area (Å²) in [6.45, 7) is -0.246. The van der Waals surface area contributed by atoms with Gasteiger partial charge in [0.05, 0.1) is 41.9 Å². The molecule has 0 saturated heterocycles. The van der Waals surface area contributed by atoms with E-state index in [-0.39, 0.29) is 30.3 Å². The molecule has 0 atom stereocenters. The SMILES string of the molecule is O=C(NOCCO)c1ccc2[nH]ncc2c1Nc1ccc(C2CC2)cc1F. The van der Waals surface area contributed by atoms with Gasteiger partial charge in [-0.2, -0.15) is 5.10 Å². The van der Waals surface area contributed by atoms with Crippen LogP contribution in [-0.2, 0) is 4.84 Å². The van der Waals surface area contributed by atoms with Crippen LogP contribution in [0, 0.1) is 5.82 Å². The van der Waals surface area contributed by atoms with Crippen LogP contribution < -0.4 is 10.8 Å². The lowest BCUT2D eigenvalue weighted by molar-refractivity contribution is 0.0169. The molecule has 8 heteroatoms. The van der Waals surface area contributed by atoms with Crippen molar-refractivity contribution in [2.24, 2.45) is 0 Å². The van der Waals surface area contributed by atoms with Gasteiger partial charge in [-0.15, -0.1) is 0 Å². The Morgan fingerprint density at radius 1 is 1.33 bits per heavy atom. The molecule has 1 saturated carbocycles. The van der Waals surface area contributed by atoms with E-state index >= 15 is 0 Å². The average molecular weight is 370 g/mol. The molecule has 27 heavy (non-hydrogen) atoms. The van der Waals surface area contributed by atoms with Gasteiger partial charge < -0.3 is 10.4 Å². The highest BCUT2D eigenvalue weighted by atomic mass is 19.1. The van der Waals surface area contributed by atoms with Crippen molar-refractivity contribution in [2.75, 3.05) is 18.5 Å². The number of amides is 1. The van der Waals surface area contributed by atoms with Crippen LogP contribution in [0.2, 0.25) is 0 Å². The third-order valence-electron chi connectivity index (χ3n) is 4.53. The van der Waals surface area contributed by atoms with Crippen LogP contribution in [0.25, 0.3) is 10.9 Å². The highest BCUT2D eigenvalue weighted by Gasteiger charge is 2.24. The number of carbonyl (C=O) groups excluding carboxylic acids is 1. The number of H-pyrrole nitrogens is 1. The lowest BCUT2D eigenvalue weighted by atomic mass is 10.1. The van der Waals surface area contributed by atoms with Crippen LogP contribution >= 0.6 is 0 Å². The molecule has 3 aromatic rings. The summed E-state index contributed by atoms with van der Waals surface area (Å²) in [5.41, 5.74) is 4.94. The van der Waals surface area contributed by atoms with E-state index in [1.165, 1.54) is 0 Å². The number of aromatic amines is 1. The molecule has 0 radical (unpaired) electrons. The van der Waals surface area contributed by atoms with Crippen molar-refractivity contribution in [3.05, 3.63) is 53.5 Å². The second-order valence-corrected chi connectivity index (χ2v) is 6.46. The Morgan fingerprint density at radius 2 is 2.19 bits per heavy atom. The van der Waals surface area contributed by atoms with Gasteiger partial charge in [0.2, 0.25) is 0 Å². The van der Waals surface area contributed by atoms with E-state index in [1.54, 1.807) is 30.5 Å². The summed E-state index contributed by atoms with van der Waals surface area (Å²) in [6.07, 6.45) is 3.76. The number of hydrogen-bond acceptors (Lipinski definition) is 5. The molecule has 7 nitrogen and oxygen atoms in total. The van der Waals surface area contributed by atoms with E-state index in [4.69, 9.17) is 9.94 Å². The van der Waals surface area contributed by atoms with Crippen LogP contribution in [0.4, 0.5) is 15.8 Å². The first-order chi connectivity index (χ1) is 13.2. The number of aromatic nitrogens is 2. The van der Waals surface area contributed by atoms with Gasteiger partial charge in [0, 0.05) is 5.39 Å². The molecule has 1 heterocycles. The summed E-state index contributed by atoms with van der Waals surface area (Å²) in [6, 6.07) is 8.44. The van der Waals surface area contributed by atoms with Crippen molar-refractivity contribution >= 4 is 28.2 Å². The lowest BCUT2D eigenvalue weighted by Crippen LogP contribution is -2.26. The number of carbonyl (C=O) groups is 1. The number of hydroxylamine groups is 1. The molecule has 140 valence electrons. The minimum absolute atomic E-state index is 0.0281. The van der Waals surface area contributed by atoms with Crippen molar-refractivity contribution < 1.29 is 19.1 Å². The number of rotatable bonds is 7. The summed E-state index contributed by atoms with van der Waals surface area (Å²) in [5.74, 6) is -0.428. The maximum atomic E-state index is 14.6. The Hall–Kier alpha value is -2.97. The number of nitrogens with one attached hydrogen (secondary N) is 3. The fourth-order valence-electron chi connectivity index (χ4n) is 3.00. The highest BCUT2D eigenvalue weighted by Crippen LogP contribution is 2.41. The van der Waals surface area contributed by atoms with Crippen LogP contribution in [0.1, 0.15) is 34.7 Å². The van der Waals surface area contributed by atoms with Crippen molar-refractivity contribution in [1.82, 2.24) is 15.7 Å². The second-order valence-electron chi connectivity index (χ2n) is 6.46. The first-order valence-electron chi connectivity index (χ1n) is 8.73. The molecule has 4 rings (SSSR count). The number of hydrogen-bond donors (Lipinski definition) is 4. The Morgan fingerprint density at radius 3 is 2.93 bits per heavy atom. The molecule has 1 aromatic heterocycles. The maximum Gasteiger partial charge on any atom is 0.276 e. The zero-order chi connectivity index (χ0) is 18.8. The van der Waals surface area contributed by atoms with Crippen LogP contribution in [-0.4, -0.2) is 34.4 Å². The molecule has 1 aliphatic rings. The molecule has 0 unspecified atom stereocenters. The highest BCUT2D eigenvalue weighted by molar-refractivity contribution is 6.08. The molecule has 1 amide bonds. The molecule has 0 bridgehead atoms. The van der Waals surface area contributed by atoms with E-state index in [9.17, 15) is 9.18 Å². The van der Waals surface area contributed by atoms with Crippen LogP contribution in [0.5, 0.6) is 0 Å². The molecule has 0 aliphatic heterocycles. The largest absolute Gasteiger partial charge is 0.394 e. The number of nitrogens with zero attached hydrogens (tertiary/aromatic N) is 1. The lowest BCUT2D eigenvalue weighted by Gasteiger charge is -2.14. The predicted molar refractivity (Wildman–Crippen MR) is 98.3 cm³/mol. The minimum Gasteiger partial charge on any atom is -0.394 e. The van der Waals surface area contributed by atoms with Crippen molar-refractivity contribution in [3.63, 3.8) is 0 Å². The molecule has 0 spiro atoms. The second kappa shape index (κ2) is 7.34. The summed E-state index contributed by atoms with van der Waals surface area (Å²) in [4.78, 5) is 17.3. The molecule has 1 fully saturated rings. The van der Waals surface area contributed by atoms with E-state index in [1.807, 2.05) is 6.07 Å². The van der Waals surface area contributed by atoms with Gasteiger partial charge in [0.1, 0.15) is 5.82 Å². The third kappa shape index (κ3) is 3.62. The third-order valence-corrected chi connectivity index (χ3v) is 4.53. The van der Waals surface area contributed by atoms with Crippen molar-refractivity contribution in [3.8, 4) is 0 Å². The molecule has 1 aliphatic carbocycles. The number of benzene rings is 2. The summed E-state index contributed by atoms with van der Waals surface area (Å²) < 4.78 is 14.6. The first-order valence-corrected chi connectivity index (χ1v) is 8.73. The molecular formula is C19H19FN4O3. The Labute approximate surface area is 154 Å². The number of aliphatic hydroxyl groups excluding tert-OH is 1. The smallest absolute Gasteiger partial charge is 0.276 e. The fraction of sp³-hybridized carbons (Fsp3) is 0.263. The van der Waals surface area contributed by atoms with Gasteiger partial charge in [0.25, 0.3) is 5.91 Å². The Bertz CT molecular complexity index is 984. The normalized spacial score (nSPS) is 13.7. The summed E-state index contributed by atoms with van der Waals surface area (Å²) in [7, 11) is 0. The minimum atomic E-state index is -0.510. The van der Waals surface area contributed by atoms with E-state index in [0.717, 1.165) is 18.4 Å². The van der Waals surface area contributed by atoms with Gasteiger partial charge >= 0.3 is 0 Å². The van der Waals surface area contributed by atoms with Gasteiger partial charge in [0.15, 0.2) is 0 Å². The number of fused-ring (bicyclic) bond motifs is 1. The van der Waals surface area contributed by atoms with Crippen molar-refractivity contribution in [2.45, 2.75) is 18.8 Å². The fourth-order valence-corrected chi connectivity index (χ4v) is 3.00.